The third-order valence-corrected chi connectivity index (χ3v) is 6.05. The van der Waals surface area contributed by atoms with Crippen molar-refractivity contribution in [2.45, 2.75) is 52.0 Å². The summed E-state index contributed by atoms with van der Waals surface area (Å²) in [5.41, 5.74) is -0.0927. The maximum absolute atomic E-state index is 15.1. The lowest BCUT2D eigenvalue weighted by molar-refractivity contribution is -0.130. The topological polar surface area (TPSA) is 104 Å². The third kappa shape index (κ3) is 5.53. The number of aromatic nitrogens is 3. The number of hydrogen-bond donors (Lipinski definition) is 1. The van der Waals surface area contributed by atoms with Crippen LogP contribution < -0.4 is 4.90 Å². The second kappa shape index (κ2) is 9.76. The zero-order valence-corrected chi connectivity index (χ0v) is 20.1. The normalized spacial score (nSPS) is 19.0. The molecule has 1 aromatic carbocycles. The lowest BCUT2D eigenvalue weighted by atomic mass is 9.96. The molecule has 2 aliphatic rings. The van der Waals surface area contributed by atoms with Crippen molar-refractivity contribution in [1.29, 1.82) is 0 Å². The molecule has 2 fully saturated rings. The summed E-state index contributed by atoms with van der Waals surface area (Å²) < 4.78 is 37.0. The Morgan fingerprint density at radius 3 is 2.37 bits per heavy atom. The van der Waals surface area contributed by atoms with E-state index in [1.807, 2.05) is 0 Å². The first-order valence-electron chi connectivity index (χ1n) is 11.6. The Hall–Kier alpha value is -3.28. The molecule has 0 spiro atoms. The minimum absolute atomic E-state index is 0.146. The molecular formula is C23H30F2N6O4. The van der Waals surface area contributed by atoms with Gasteiger partial charge in [0, 0.05) is 32.7 Å². The number of carbonyl (C=O) groups excluding carboxylic acids is 2. The summed E-state index contributed by atoms with van der Waals surface area (Å²) in [6.07, 6.45) is 1.51. The highest BCUT2D eigenvalue weighted by Crippen LogP contribution is 2.34. The molecule has 4 rings (SSSR count). The average Bonchev–Trinajstić information content (AvgIpc) is 3.39. The number of piperazine rings is 1. The van der Waals surface area contributed by atoms with Crippen molar-refractivity contribution in [2.75, 3.05) is 37.6 Å². The van der Waals surface area contributed by atoms with Crippen LogP contribution in [0.5, 0.6) is 0 Å². The van der Waals surface area contributed by atoms with Crippen LogP contribution in [0.25, 0.3) is 0 Å². The quantitative estimate of drug-likeness (QED) is 0.682. The number of nitrogens with zero attached hydrogens (tertiary/aromatic N) is 6. The van der Waals surface area contributed by atoms with Gasteiger partial charge in [-0.3, -0.25) is 4.79 Å². The molecule has 0 unspecified atom stereocenters. The number of aliphatic hydroxyl groups is 1. The van der Waals surface area contributed by atoms with Crippen LogP contribution in [-0.4, -0.2) is 80.2 Å². The van der Waals surface area contributed by atoms with Gasteiger partial charge in [0.1, 0.15) is 35.3 Å². The van der Waals surface area contributed by atoms with Crippen molar-refractivity contribution >= 4 is 17.7 Å². The van der Waals surface area contributed by atoms with Gasteiger partial charge in [-0.1, -0.05) is 5.21 Å². The van der Waals surface area contributed by atoms with E-state index in [1.165, 1.54) is 27.9 Å². The number of aliphatic hydroxyl groups excluding tert-OH is 1. The highest BCUT2D eigenvalue weighted by Gasteiger charge is 2.35. The molecule has 2 aliphatic heterocycles. The Kier molecular flexibility index (Phi) is 6.93. The van der Waals surface area contributed by atoms with Gasteiger partial charge >= 0.3 is 6.09 Å². The van der Waals surface area contributed by atoms with Crippen LogP contribution in [0.4, 0.5) is 19.3 Å². The van der Waals surface area contributed by atoms with Crippen LogP contribution in [0.15, 0.2) is 18.3 Å². The predicted octanol–water partition coefficient (Wildman–Crippen LogP) is 2.08. The third-order valence-electron chi connectivity index (χ3n) is 6.05. The smallest absolute Gasteiger partial charge is 0.410 e. The van der Waals surface area contributed by atoms with E-state index >= 15 is 8.78 Å². The maximum Gasteiger partial charge on any atom is 0.410 e. The highest BCUT2D eigenvalue weighted by atomic mass is 19.1. The molecule has 3 heterocycles. The zero-order valence-electron chi connectivity index (χ0n) is 20.1. The number of hydrogen-bond acceptors (Lipinski definition) is 7. The first kappa shape index (κ1) is 24.8. The minimum Gasteiger partial charge on any atom is -0.444 e. The molecule has 12 heteroatoms. The lowest BCUT2D eigenvalue weighted by Crippen LogP contribution is -2.50. The summed E-state index contributed by atoms with van der Waals surface area (Å²) in [5.74, 6) is -2.37. The Bertz CT molecular complexity index is 1070. The Labute approximate surface area is 202 Å². The van der Waals surface area contributed by atoms with Gasteiger partial charge in [0.15, 0.2) is 0 Å². The number of likely N-dealkylation sites (tertiary alicyclic amines) is 1. The first-order valence-corrected chi connectivity index (χ1v) is 11.6. The van der Waals surface area contributed by atoms with E-state index in [9.17, 15) is 9.59 Å². The van der Waals surface area contributed by atoms with E-state index in [-0.39, 0.29) is 51.0 Å². The molecule has 1 N–H and O–H groups in total. The van der Waals surface area contributed by atoms with E-state index < -0.39 is 29.2 Å². The second-order valence-electron chi connectivity index (χ2n) is 9.78. The molecule has 2 saturated heterocycles. The molecular weight excluding hydrogens is 462 g/mol. The number of ether oxygens (including phenoxy) is 1. The number of amides is 2. The molecule has 0 saturated carbocycles. The fourth-order valence-corrected chi connectivity index (χ4v) is 4.37. The largest absolute Gasteiger partial charge is 0.444 e. The predicted molar refractivity (Wildman–Crippen MR) is 121 cm³/mol. The Balaban J connectivity index is 1.41. The van der Waals surface area contributed by atoms with Gasteiger partial charge in [-0.15, -0.1) is 5.10 Å². The van der Waals surface area contributed by atoms with Crippen molar-refractivity contribution < 1.29 is 28.2 Å². The molecule has 190 valence electrons. The fourth-order valence-electron chi connectivity index (χ4n) is 4.37. The van der Waals surface area contributed by atoms with Crippen LogP contribution in [0.3, 0.4) is 0 Å². The SMILES string of the molecule is CC(C)(C)OC(=O)N1CCN(c2c(F)cc([C@H]3CCN(Cn4cc(CO)nn4)C3=O)cc2F)CC1. The van der Waals surface area contributed by atoms with Crippen molar-refractivity contribution in [3.63, 3.8) is 0 Å². The number of rotatable bonds is 5. The monoisotopic (exact) mass is 492 g/mol. The average molecular weight is 493 g/mol. The van der Waals surface area contributed by atoms with Crippen molar-refractivity contribution in [1.82, 2.24) is 24.8 Å². The van der Waals surface area contributed by atoms with Crippen molar-refractivity contribution in [3.05, 3.63) is 41.2 Å². The molecule has 2 aromatic rings. The molecule has 0 radical (unpaired) electrons. The Morgan fingerprint density at radius 2 is 1.80 bits per heavy atom. The summed E-state index contributed by atoms with van der Waals surface area (Å²) in [6, 6.07) is 2.45. The highest BCUT2D eigenvalue weighted by molar-refractivity contribution is 5.85. The maximum atomic E-state index is 15.1. The van der Waals surface area contributed by atoms with Gasteiger partial charge in [-0.2, -0.15) is 0 Å². The molecule has 2 amide bonds. The van der Waals surface area contributed by atoms with Gasteiger partial charge < -0.3 is 24.5 Å². The minimum atomic E-state index is -0.735. The fraction of sp³-hybridized carbons (Fsp3) is 0.565. The number of benzene rings is 1. The van der Waals surface area contributed by atoms with Crippen molar-refractivity contribution in [3.8, 4) is 0 Å². The van der Waals surface area contributed by atoms with Gasteiger partial charge in [-0.05, 0) is 44.9 Å². The molecule has 0 aliphatic carbocycles. The van der Waals surface area contributed by atoms with E-state index in [1.54, 1.807) is 30.6 Å². The standard InChI is InChI=1S/C23H30F2N6O4/c1-23(2,3)35-22(34)29-8-6-28(7-9-29)20-18(24)10-15(11-19(20)25)17-4-5-30(21(17)33)14-31-12-16(13-32)26-27-31/h10-12,17,32H,4-9,13-14H2,1-3H3/t17-/m1/s1. The Morgan fingerprint density at radius 1 is 1.14 bits per heavy atom. The summed E-state index contributed by atoms with van der Waals surface area (Å²) in [7, 11) is 0. The summed E-state index contributed by atoms with van der Waals surface area (Å²) in [5, 5.41) is 16.7. The van der Waals surface area contributed by atoms with Crippen LogP contribution in [0, 0.1) is 11.6 Å². The van der Waals surface area contributed by atoms with E-state index in [2.05, 4.69) is 10.3 Å². The van der Waals surface area contributed by atoms with Gasteiger partial charge in [0.05, 0.1) is 18.7 Å². The molecule has 1 atom stereocenters. The summed E-state index contributed by atoms with van der Waals surface area (Å²) >= 11 is 0. The zero-order chi connectivity index (χ0) is 25.3. The van der Waals surface area contributed by atoms with E-state index in [4.69, 9.17) is 9.84 Å². The number of halogens is 2. The lowest BCUT2D eigenvalue weighted by Gasteiger charge is -2.37. The molecule has 35 heavy (non-hydrogen) atoms. The summed E-state index contributed by atoms with van der Waals surface area (Å²) in [6.45, 7) is 6.74. The van der Waals surface area contributed by atoms with Crippen molar-refractivity contribution in [2.24, 2.45) is 0 Å². The number of carbonyl (C=O) groups is 2. The molecule has 10 nitrogen and oxygen atoms in total. The van der Waals surface area contributed by atoms with Gasteiger partial charge in [0.2, 0.25) is 5.91 Å². The molecule has 0 bridgehead atoms. The van der Waals surface area contributed by atoms with Crippen LogP contribution >= 0.6 is 0 Å². The van der Waals surface area contributed by atoms with Gasteiger partial charge in [0.25, 0.3) is 0 Å². The van der Waals surface area contributed by atoms with Crippen LogP contribution in [-0.2, 0) is 22.8 Å². The van der Waals surface area contributed by atoms with E-state index in [0.717, 1.165) is 0 Å². The first-order chi connectivity index (χ1) is 16.6. The van der Waals surface area contributed by atoms with Crippen LogP contribution in [0.2, 0.25) is 0 Å². The summed E-state index contributed by atoms with van der Waals surface area (Å²) in [4.78, 5) is 29.8. The second-order valence-corrected chi connectivity index (χ2v) is 9.78. The number of anilines is 1. The van der Waals surface area contributed by atoms with Gasteiger partial charge in [-0.25, -0.2) is 18.3 Å². The molecule has 1 aromatic heterocycles. The van der Waals surface area contributed by atoms with Crippen LogP contribution in [0.1, 0.15) is 44.4 Å². The van der Waals surface area contributed by atoms with E-state index in [0.29, 0.717) is 24.2 Å².